The van der Waals surface area contributed by atoms with Crippen molar-refractivity contribution in [2.75, 3.05) is 24.3 Å². The predicted octanol–water partition coefficient (Wildman–Crippen LogP) is 2.99. The Balaban J connectivity index is 1.66. The van der Waals surface area contributed by atoms with Crippen molar-refractivity contribution in [3.63, 3.8) is 0 Å². The third-order valence-electron chi connectivity index (χ3n) is 4.34. The molecule has 3 N–H and O–H groups in total. The number of nitrogens with one attached hydrogen (secondary N) is 1. The van der Waals surface area contributed by atoms with Crippen LogP contribution in [0.15, 0.2) is 36.4 Å². The van der Waals surface area contributed by atoms with E-state index in [1.54, 1.807) is 4.90 Å². The smallest absolute Gasteiger partial charge is 0.255 e. The summed E-state index contributed by atoms with van der Waals surface area (Å²) in [5.74, 6) is 0.216. The summed E-state index contributed by atoms with van der Waals surface area (Å²) in [5.41, 5.74) is 8.22. The Kier molecular flexibility index (Phi) is 5.32. The lowest BCUT2D eigenvalue weighted by molar-refractivity contribution is -0.117. The quantitative estimate of drug-likeness (QED) is 0.789. The maximum absolute atomic E-state index is 12.4. The Labute approximate surface area is 156 Å². The van der Waals surface area contributed by atoms with E-state index in [2.05, 4.69) is 5.32 Å². The molecule has 1 aliphatic rings. The fourth-order valence-corrected chi connectivity index (χ4v) is 3.07. The highest BCUT2D eigenvalue weighted by Crippen LogP contribution is 2.29. The molecule has 0 radical (unpaired) electrons. The monoisotopic (exact) mass is 373 g/mol. The van der Waals surface area contributed by atoms with Crippen LogP contribution >= 0.6 is 11.6 Å². The molecule has 2 amide bonds. The largest absolute Gasteiger partial charge is 0.496 e. The van der Waals surface area contributed by atoms with E-state index in [0.29, 0.717) is 35.0 Å². The lowest BCUT2D eigenvalue weighted by atomic mass is 10.1. The zero-order chi connectivity index (χ0) is 18.7. The molecule has 26 heavy (non-hydrogen) atoms. The van der Waals surface area contributed by atoms with Crippen LogP contribution in [0.25, 0.3) is 0 Å². The number of anilines is 2. The predicted molar refractivity (Wildman–Crippen MR) is 102 cm³/mol. The molecular weight excluding hydrogens is 354 g/mol. The van der Waals surface area contributed by atoms with Crippen LogP contribution in [0.4, 0.5) is 11.4 Å². The third-order valence-corrected chi connectivity index (χ3v) is 4.67. The van der Waals surface area contributed by atoms with Crippen molar-refractivity contribution in [1.29, 1.82) is 0 Å². The third kappa shape index (κ3) is 3.75. The van der Waals surface area contributed by atoms with E-state index >= 15 is 0 Å². The first-order valence-corrected chi connectivity index (χ1v) is 8.68. The van der Waals surface area contributed by atoms with Gasteiger partial charge in [0.1, 0.15) is 5.75 Å². The number of carbonyl (C=O) groups excluding carboxylic acids is 2. The molecule has 0 aromatic heterocycles. The Morgan fingerprint density at radius 2 is 2.04 bits per heavy atom. The van der Waals surface area contributed by atoms with Gasteiger partial charge in [0.05, 0.1) is 23.4 Å². The molecule has 2 aromatic rings. The Morgan fingerprint density at radius 3 is 2.65 bits per heavy atom. The molecule has 1 fully saturated rings. The lowest BCUT2D eigenvalue weighted by Gasteiger charge is -2.16. The van der Waals surface area contributed by atoms with E-state index in [4.69, 9.17) is 22.1 Å². The minimum Gasteiger partial charge on any atom is -0.496 e. The van der Waals surface area contributed by atoms with E-state index in [9.17, 15) is 9.59 Å². The van der Waals surface area contributed by atoms with Crippen molar-refractivity contribution in [2.45, 2.75) is 19.4 Å². The molecule has 0 aliphatic carbocycles. The summed E-state index contributed by atoms with van der Waals surface area (Å²) in [5, 5.41) is 3.14. The molecule has 3 rings (SSSR count). The maximum Gasteiger partial charge on any atom is 0.255 e. The topological polar surface area (TPSA) is 84.7 Å². The van der Waals surface area contributed by atoms with E-state index < -0.39 is 0 Å². The van der Waals surface area contributed by atoms with Gasteiger partial charge in [-0.25, -0.2) is 0 Å². The summed E-state index contributed by atoms with van der Waals surface area (Å²) in [6.45, 7) is 1.10. The van der Waals surface area contributed by atoms with Crippen LogP contribution in [0.1, 0.15) is 28.8 Å². The van der Waals surface area contributed by atoms with Crippen molar-refractivity contribution in [1.82, 2.24) is 5.32 Å². The second-order valence-corrected chi connectivity index (χ2v) is 6.48. The van der Waals surface area contributed by atoms with Crippen LogP contribution in [0.5, 0.6) is 5.75 Å². The molecule has 1 heterocycles. The van der Waals surface area contributed by atoms with E-state index in [-0.39, 0.29) is 11.8 Å². The summed E-state index contributed by atoms with van der Waals surface area (Å²) in [6.07, 6.45) is 1.49. The highest BCUT2D eigenvalue weighted by atomic mass is 35.5. The van der Waals surface area contributed by atoms with Gasteiger partial charge < -0.3 is 20.7 Å². The van der Waals surface area contributed by atoms with Gasteiger partial charge in [-0.15, -0.1) is 0 Å². The highest BCUT2D eigenvalue weighted by Gasteiger charge is 2.21. The number of ether oxygens (including phenoxy) is 1. The fourth-order valence-electron chi connectivity index (χ4n) is 2.91. The molecule has 0 atom stereocenters. The van der Waals surface area contributed by atoms with Crippen molar-refractivity contribution >= 4 is 34.8 Å². The van der Waals surface area contributed by atoms with Crippen molar-refractivity contribution in [3.05, 3.63) is 52.5 Å². The number of hydrogen-bond acceptors (Lipinski definition) is 4. The van der Waals surface area contributed by atoms with Gasteiger partial charge in [0.15, 0.2) is 0 Å². The van der Waals surface area contributed by atoms with Gasteiger partial charge in [0.2, 0.25) is 5.91 Å². The van der Waals surface area contributed by atoms with Gasteiger partial charge >= 0.3 is 0 Å². The SMILES string of the molecule is COc1cc(N)c(Cl)cc1C(=O)NCc1ccc(N2CCCC2=O)cc1. The lowest BCUT2D eigenvalue weighted by Crippen LogP contribution is -2.24. The fraction of sp³-hybridized carbons (Fsp3) is 0.263. The molecular formula is C19H20ClN3O3. The van der Waals surface area contributed by atoms with Gasteiger partial charge in [0, 0.05) is 31.3 Å². The molecule has 6 nitrogen and oxygen atoms in total. The number of amides is 2. The van der Waals surface area contributed by atoms with Crippen molar-refractivity contribution in [3.8, 4) is 5.75 Å². The number of hydrogen-bond donors (Lipinski definition) is 2. The molecule has 0 spiro atoms. The summed E-state index contributed by atoms with van der Waals surface area (Å²) < 4.78 is 5.20. The average Bonchev–Trinajstić information content (AvgIpc) is 3.08. The first-order chi connectivity index (χ1) is 12.5. The van der Waals surface area contributed by atoms with Gasteiger partial charge in [-0.05, 0) is 30.2 Å². The van der Waals surface area contributed by atoms with E-state index in [0.717, 1.165) is 24.2 Å². The zero-order valence-corrected chi connectivity index (χ0v) is 15.2. The second-order valence-electron chi connectivity index (χ2n) is 6.07. The number of nitrogens with zero attached hydrogens (tertiary/aromatic N) is 1. The first-order valence-electron chi connectivity index (χ1n) is 8.30. The number of halogens is 1. The average molecular weight is 374 g/mol. The number of nitrogens with two attached hydrogens (primary N) is 1. The van der Waals surface area contributed by atoms with Crippen molar-refractivity contribution in [2.24, 2.45) is 0 Å². The second kappa shape index (κ2) is 7.66. The van der Waals surface area contributed by atoms with Gasteiger partial charge in [0.25, 0.3) is 5.91 Å². The van der Waals surface area contributed by atoms with Gasteiger partial charge in [-0.3, -0.25) is 9.59 Å². The van der Waals surface area contributed by atoms with Crippen molar-refractivity contribution < 1.29 is 14.3 Å². The maximum atomic E-state index is 12.4. The molecule has 1 saturated heterocycles. The Morgan fingerprint density at radius 1 is 1.31 bits per heavy atom. The summed E-state index contributed by atoms with van der Waals surface area (Å²) >= 11 is 6.00. The molecule has 2 aromatic carbocycles. The minimum atomic E-state index is -0.303. The normalized spacial score (nSPS) is 13.8. The minimum absolute atomic E-state index is 0.151. The number of benzene rings is 2. The van der Waals surface area contributed by atoms with Crippen LogP contribution in [-0.4, -0.2) is 25.5 Å². The molecule has 136 valence electrons. The van der Waals surface area contributed by atoms with Crippen LogP contribution < -0.4 is 20.7 Å². The standard InChI is InChI=1S/C19H20ClN3O3/c1-26-17-10-16(21)15(20)9-14(17)19(25)22-11-12-4-6-13(7-5-12)23-8-2-3-18(23)24/h4-7,9-10H,2-3,8,11,21H2,1H3,(H,22,25). The summed E-state index contributed by atoms with van der Waals surface area (Å²) in [4.78, 5) is 26.0. The summed E-state index contributed by atoms with van der Waals surface area (Å²) in [7, 11) is 1.47. The summed E-state index contributed by atoms with van der Waals surface area (Å²) in [6, 6.07) is 10.6. The van der Waals surface area contributed by atoms with E-state index in [1.165, 1.54) is 19.2 Å². The van der Waals surface area contributed by atoms with Gasteiger partial charge in [-0.2, -0.15) is 0 Å². The molecule has 0 saturated carbocycles. The molecule has 7 heteroatoms. The van der Waals surface area contributed by atoms with Gasteiger partial charge in [-0.1, -0.05) is 23.7 Å². The number of methoxy groups -OCH3 is 1. The first kappa shape index (κ1) is 18.1. The molecule has 1 aliphatic heterocycles. The number of carbonyl (C=O) groups is 2. The molecule has 0 bridgehead atoms. The number of rotatable bonds is 5. The van der Waals surface area contributed by atoms with Crippen LogP contribution in [0.2, 0.25) is 5.02 Å². The number of nitrogen functional groups attached to an aromatic ring is 1. The van der Waals surface area contributed by atoms with E-state index in [1.807, 2.05) is 24.3 Å². The van der Waals surface area contributed by atoms with Crippen LogP contribution in [-0.2, 0) is 11.3 Å². The van der Waals surface area contributed by atoms with Crippen LogP contribution in [0, 0.1) is 0 Å². The highest BCUT2D eigenvalue weighted by molar-refractivity contribution is 6.33. The zero-order valence-electron chi connectivity index (χ0n) is 14.4. The Hall–Kier alpha value is -2.73. The van der Waals surface area contributed by atoms with Crippen LogP contribution in [0.3, 0.4) is 0 Å². The Bertz CT molecular complexity index is 837. The molecule has 0 unspecified atom stereocenters.